The molecule has 0 spiro atoms. The molecule has 0 aliphatic carbocycles. The van der Waals surface area contributed by atoms with Crippen molar-refractivity contribution in [1.29, 1.82) is 5.26 Å². The largest absolute Gasteiger partial charge is 0.455 e. The van der Waals surface area contributed by atoms with Crippen molar-refractivity contribution in [2.75, 3.05) is 0 Å². The lowest BCUT2D eigenvalue weighted by Crippen LogP contribution is -2.02. The molecule has 0 N–H and O–H groups in total. The van der Waals surface area contributed by atoms with Crippen LogP contribution in [0.1, 0.15) is 5.56 Å². The Balaban J connectivity index is 0.000000136. The first-order valence-corrected chi connectivity index (χ1v) is 40.0. The zero-order chi connectivity index (χ0) is 79.0. The molecule has 0 atom stereocenters. The Morgan fingerprint density at radius 3 is 1.01 bits per heavy atom. The first-order chi connectivity index (χ1) is 59.5. The monoisotopic (exact) mass is 1530 g/mol. The molecule has 0 saturated carbocycles. The van der Waals surface area contributed by atoms with Crippen molar-refractivity contribution in [3.8, 4) is 97.1 Å². The summed E-state index contributed by atoms with van der Waals surface area (Å²) in [4.78, 5) is 29.6. The number of furan rings is 2. The summed E-state index contributed by atoms with van der Waals surface area (Å²) in [5.74, 6) is 3.46. The Hall–Kier alpha value is -16.7. The smallest absolute Gasteiger partial charge is 0.165 e. The summed E-state index contributed by atoms with van der Waals surface area (Å²) in [5.41, 5.74) is 22.1. The zero-order valence-electron chi connectivity index (χ0n) is 64.1. The van der Waals surface area contributed by atoms with Crippen LogP contribution in [0.25, 0.3) is 233 Å². The topological polar surface area (TPSA) is 147 Å². The average Bonchev–Trinajstić information content (AvgIpc) is 1.54. The minimum absolute atomic E-state index is 0.439. The van der Waals surface area contributed by atoms with Crippen LogP contribution < -0.4 is 0 Å². The summed E-state index contributed by atoms with van der Waals surface area (Å²) in [5, 5.41) is 26.5. The standard InChI is InChI=1S/C55H33N5O.C52H30N6O/c1-4-14-34(15-5-1)53-56-54(35-16-6-2-7-17-35)58-55(57-53)38-25-24-37-33-40(27-26-36(37)32-38)59-45-22-12-10-21-43(45)49-46(59)31-29-44-50-47(60(51(44)49)39-18-8-3-9-19-39)30-28-42-41-20-11-13-23-48(41)61-52(42)50;53-31-34-30-36(24-25-37(34)52-55-50(32-14-4-1-5-15-32)54-51(56-52)33-16-6-2-7-17-33)57-42-22-12-10-21-40(42)46-43(57)29-27-41-47-44(58(48(41)46)35-18-8-3-9-19-35)28-26-39-38-20-11-13-23-45(38)59-49(39)47/h1-33H;1-30H. The van der Waals surface area contributed by atoms with Crippen LogP contribution in [-0.2, 0) is 0 Å². The minimum Gasteiger partial charge on any atom is -0.455 e. The Labute approximate surface area is 684 Å². The van der Waals surface area contributed by atoms with Crippen LogP contribution in [0.2, 0.25) is 0 Å². The fraction of sp³-hybridized carbons (Fsp3) is 0. The second-order valence-electron chi connectivity index (χ2n) is 30.3. The van der Waals surface area contributed by atoms with Crippen LogP contribution in [0.5, 0.6) is 0 Å². The highest BCUT2D eigenvalue weighted by Gasteiger charge is 2.28. The van der Waals surface area contributed by atoms with Gasteiger partial charge in [-0.2, -0.15) is 5.26 Å². The molecule has 0 unspecified atom stereocenters. The SMILES string of the molecule is N#Cc1cc(-n2c3ccccc3c3c2ccc2c4c5oc6ccccc6c5ccc4n(-c4ccccc4)c23)ccc1-c1nc(-c2ccccc2)nc(-c2ccccc2)n1.c1ccc(-c2nc(-c3ccccc3)nc(-c3ccc4cc(-n5c6ccccc6c6c5ccc5c7c8oc9ccccc9c8ccc7n(-c7ccccc7)c56)ccc4c3)n2)cc1. The maximum atomic E-state index is 10.8. The lowest BCUT2D eigenvalue weighted by atomic mass is 10.0. The molecule has 558 valence electrons. The highest BCUT2D eigenvalue weighted by molar-refractivity contribution is 6.33. The van der Waals surface area contributed by atoms with Gasteiger partial charge in [0.05, 0.1) is 66.5 Å². The third kappa shape index (κ3) is 10.7. The molecule has 25 aromatic rings. The van der Waals surface area contributed by atoms with Gasteiger partial charge in [-0.1, -0.05) is 249 Å². The Kier molecular flexibility index (Phi) is 15.4. The van der Waals surface area contributed by atoms with Crippen molar-refractivity contribution >= 4 is 142 Å². The molecule has 0 aliphatic heterocycles. The number of hydrogen-bond acceptors (Lipinski definition) is 9. The van der Waals surface area contributed by atoms with Crippen molar-refractivity contribution in [3.63, 3.8) is 0 Å². The van der Waals surface area contributed by atoms with Gasteiger partial charge in [-0.25, -0.2) is 29.9 Å². The summed E-state index contributed by atoms with van der Waals surface area (Å²) in [6.07, 6.45) is 0. The van der Waals surface area contributed by atoms with E-state index in [0.29, 0.717) is 46.1 Å². The van der Waals surface area contributed by atoms with Gasteiger partial charge in [-0.05, 0) is 144 Å². The van der Waals surface area contributed by atoms with Gasteiger partial charge < -0.3 is 27.1 Å². The predicted octanol–water partition coefficient (Wildman–Crippen LogP) is 27.0. The molecular weight excluding hydrogens is 1470 g/mol. The van der Waals surface area contributed by atoms with Crippen LogP contribution in [-0.4, -0.2) is 48.2 Å². The molecule has 0 radical (unpaired) electrons. The van der Waals surface area contributed by atoms with E-state index in [1.807, 2.05) is 152 Å². The maximum Gasteiger partial charge on any atom is 0.165 e. The van der Waals surface area contributed by atoms with Gasteiger partial charge in [0, 0.05) is 110 Å². The van der Waals surface area contributed by atoms with Gasteiger partial charge >= 0.3 is 0 Å². The number of aromatic nitrogens is 10. The summed E-state index contributed by atoms with van der Waals surface area (Å²) < 4.78 is 22.8. The Bertz CT molecular complexity index is 8420. The van der Waals surface area contributed by atoms with Crippen LogP contribution in [0, 0.1) is 11.3 Å². The number of nitrogens with zero attached hydrogens (tertiary/aromatic N) is 11. The van der Waals surface area contributed by atoms with Gasteiger partial charge in [-0.3, -0.25) is 0 Å². The van der Waals surface area contributed by atoms with Crippen LogP contribution >= 0.6 is 0 Å². The normalized spacial score (nSPS) is 11.8. The molecule has 0 aliphatic rings. The lowest BCUT2D eigenvalue weighted by molar-refractivity contribution is 0.672. The molecule has 25 rings (SSSR count). The summed E-state index contributed by atoms with van der Waals surface area (Å²) in [6, 6.07) is 135. The fourth-order valence-corrected chi connectivity index (χ4v) is 18.2. The van der Waals surface area contributed by atoms with E-state index in [9.17, 15) is 5.26 Å². The minimum atomic E-state index is 0.439. The van der Waals surface area contributed by atoms with Crippen molar-refractivity contribution in [3.05, 3.63) is 388 Å². The van der Waals surface area contributed by atoms with E-state index in [1.165, 1.54) is 10.8 Å². The molecule has 8 heterocycles. The number of para-hydroxylation sites is 6. The van der Waals surface area contributed by atoms with E-state index in [2.05, 4.69) is 255 Å². The fourth-order valence-electron chi connectivity index (χ4n) is 18.2. The van der Waals surface area contributed by atoms with Crippen LogP contribution in [0.15, 0.2) is 391 Å². The molecule has 13 nitrogen and oxygen atoms in total. The molecule has 0 bridgehead atoms. The highest BCUT2D eigenvalue weighted by atomic mass is 16.3. The van der Waals surface area contributed by atoms with Crippen molar-refractivity contribution in [2.24, 2.45) is 0 Å². The van der Waals surface area contributed by atoms with Gasteiger partial charge in [0.25, 0.3) is 0 Å². The summed E-state index contributed by atoms with van der Waals surface area (Å²) in [7, 11) is 0. The number of fused-ring (bicyclic) bond motifs is 23. The molecular formula is C107H63N11O2. The number of rotatable bonds is 10. The molecule has 0 amide bonds. The third-order valence-electron chi connectivity index (χ3n) is 23.5. The average molecular weight is 1530 g/mol. The van der Waals surface area contributed by atoms with E-state index in [0.717, 1.165) is 182 Å². The molecule has 8 aromatic heterocycles. The van der Waals surface area contributed by atoms with Crippen LogP contribution in [0.3, 0.4) is 0 Å². The third-order valence-corrected chi connectivity index (χ3v) is 23.5. The lowest BCUT2D eigenvalue weighted by Gasteiger charge is -2.12. The second kappa shape index (κ2) is 27.2. The predicted molar refractivity (Wildman–Crippen MR) is 486 cm³/mol. The van der Waals surface area contributed by atoms with E-state index in [4.69, 9.17) is 38.7 Å². The van der Waals surface area contributed by atoms with E-state index >= 15 is 0 Å². The molecule has 17 aromatic carbocycles. The van der Waals surface area contributed by atoms with E-state index in [-0.39, 0.29) is 0 Å². The second-order valence-corrected chi connectivity index (χ2v) is 30.3. The Morgan fingerprint density at radius 1 is 0.225 bits per heavy atom. The number of hydrogen-bond donors (Lipinski definition) is 0. The first kappa shape index (κ1) is 67.8. The summed E-state index contributed by atoms with van der Waals surface area (Å²) in [6.45, 7) is 0. The molecule has 120 heavy (non-hydrogen) atoms. The van der Waals surface area contributed by atoms with E-state index < -0.39 is 0 Å². The first-order valence-electron chi connectivity index (χ1n) is 40.0. The van der Waals surface area contributed by atoms with E-state index in [1.54, 1.807) is 0 Å². The quantitative estimate of drug-likeness (QED) is 0.130. The number of nitriles is 1. The van der Waals surface area contributed by atoms with Gasteiger partial charge in [0.15, 0.2) is 34.9 Å². The van der Waals surface area contributed by atoms with Gasteiger partial charge in [0.2, 0.25) is 0 Å². The summed E-state index contributed by atoms with van der Waals surface area (Å²) >= 11 is 0. The van der Waals surface area contributed by atoms with Gasteiger partial charge in [0.1, 0.15) is 22.3 Å². The van der Waals surface area contributed by atoms with Crippen molar-refractivity contribution < 1.29 is 8.83 Å². The number of benzene rings is 17. The highest BCUT2D eigenvalue weighted by Crippen LogP contribution is 2.49. The van der Waals surface area contributed by atoms with Crippen molar-refractivity contribution in [1.82, 2.24) is 48.2 Å². The Morgan fingerprint density at radius 2 is 0.567 bits per heavy atom. The molecule has 0 fully saturated rings. The molecule has 13 heteroatoms. The van der Waals surface area contributed by atoms with Gasteiger partial charge in [-0.15, -0.1) is 0 Å². The van der Waals surface area contributed by atoms with Crippen molar-refractivity contribution in [2.45, 2.75) is 0 Å². The van der Waals surface area contributed by atoms with Crippen LogP contribution in [0.4, 0.5) is 0 Å². The maximum absolute atomic E-state index is 10.8. The zero-order valence-corrected chi connectivity index (χ0v) is 64.1. The molecule has 0 saturated heterocycles.